The lowest BCUT2D eigenvalue weighted by Crippen LogP contribution is -2.38. The molecule has 4 bridgehead atoms. The van der Waals surface area contributed by atoms with Crippen LogP contribution in [0.15, 0.2) is 6.20 Å². The first-order valence-electron chi connectivity index (χ1n) is 7.43. The van der Waals surface area contributed by atoms with E-state index < -0.39 is 5.97 Å². The fraction of sp³-hybridized carbons (Fsp3) is 0.733. The van der Waals surface area contributed by atoms with Crippen molar-refractivity contribution < 1.29 is 9.90 Å². The number of carbonyl (C=O) groups is 1. The van der Waals surface area contributed by atoms with E-state index in [1.54, 1.807) is 45.6 Å². The lowest BCUT2D eigenvalue weighted by atomic mass is 9.56. The summed E-state index contributed by atoms with van der Waals surface area (Å²) in [4.78, 5) is 10.3. The van der Waals surface area contributed by atoms with Crippen LogP contribution in [-0.2, 0) is 7.05 Å². The normalized spacial score (nSPS) is 33.7. The van der Waals surface area contributed by atoms with Crippen LogP contribution in [0.4, 0.5) is 0 Å². The Morgan fingerprint density at radius 1 is 1.15 bits per heavy atom. The van der Waals surface area contributed by atoms with Crippen LogP contribution in [0.2, 0.25) is 5.15 Å². The highest BCUT2D eigenvalue weighted by Crippen LogP contribution is 2.53. The minimum Gasteiger partial charge on any atom is -0.478 e. The number of nitrogens with zero attached hydrogens (tertiary/aromatic N) is 2. The van der Waals surface area contributed by atoms with E-state index in [9.17, 15) is 4.79 Å². The molecule has 0 atom stereocenters. The Morgan fingerprint density at radius 3 is 1.75 bits per heavy atom. The Bertz CT molecular complexity index is 455. The molecule has 0 unspecified atom stereocenters. The summed E-state index contributed by atoms with van der Waals surface area (Å²) in [5.41, 5.74) is 0.0316. The Kier molecular flexibility index (Phi) is 3.76. The maximum absolute atomic E-state index is 10.3. The molecular formula is C15H21ClN2O2. The van der Waals surface area contributed by atoms with Crippen molar-refractivity contribution in [2.24, 2.45) is 30.7 Å². The first kappa shape index (κ1) is 13.9. The van der Waals surface area contributed by atoms with Gasteiger partial charge in [-0.25, -0.2) is 4.79 Å². The third kappa shape index (κ3) is 2.71. The van der Waals surface area contributed by atoms with Gasteiger partial charge in [0.1, 0.15) is 10.7 Å². The second-order valence-electron chi connectivity index (χ2n) is 6.66. The molecule has 4 aliphatic carbocycles. The summed E-state index contributed by atoms with van der Waals surface area (Å²) in [6.45, 7) is 0. The Morgan fingerprint density at radius 2 is 1.55 bits per heavy atom. The van der Waals surface area contributed by atoms with Gasteiger partial charge in [0.25, 0.3) is 0 Å². The molecule has 0 aromatic carbocycles. The monoisotopic (exact) mass is 296 g/mol. The van der Waals surface area contributed by atoms with E-state index in [1.807, 2.05) is 0 Å². The predicted octanol–water partition coefficient (Wildman–Crippen LogP) is 3.60. The maximum atomic E-state index is 10.3. The van der Waals surface area contributed by atoms with Gasteiger partial charge in [0.05, 0.1) is 6.20 Å². The minimum atomic E-state index is -1.06. The second kappa shape index (κ2) is 5.40. The third-order valence-corrected chi connectivity index (χ3v) is 5.55. The van der Waals surface area contributed by atoms with Crippen molar-refractivity contribution >= 4 is 17.6 Å². The molecule has 0 saturated heterocycles. The van der Waals surface area contributed by atoms with Crippen molar-refractivity contribution in [2.75, 3.05) is 0 Å². The van der Waals surface area contributed by atoms with Gasteiger partial charge in [-0.05, 0) is 62.2 Å². The number of hydrogen-bond donors (Lipinski definition) is 1. The molecule has 4 fully saturated rings. The SMILES string of the molecule is C1C2CC3CC1CC(C2)C3.Cn1ncc(C(=O)O)c1Cl. The lowest BCUT2D eigenvalue weighted by Gasteiger charge is -2.49. The summed E-state index contributed by atoms with van der Waals surface area (Å²) in [6, 6.07) is 0. The molecule has 0 radical (unpaired) electrons. The molecule has 110 valence electrons. The standard InChI is InChI=1S/C10H16.C5H5ClN2O2/c1-7-2-9-4-8(1)5-10(3-7)6-9;1-8-4(6)3(2-7-8)5(9)10/h7-10H,1-6H2;2H,1H3,(H,9,10). The zero-order chi connectivity index (χ0) is 14.3. The van der Waals surface area contributed by atoms with Gasteiger partial charge in [0.2, 0.25) is 0 Å². The summed E-state index contributed by atoms with van der Waals surface area (Å²) in [7, 11) is 1.58. The number of aromatic nitrogens is 2. The summed E-state index contributed by atoms with van der Waals surface area (Å²) in [6.07, 6.45) is 10.8. The quantitative estimate of drug-likeness (QED) is 0.861. The smallest absolute Gasteiger partial charge is 0.340 e. The van der Waals surface area contributed by atoms with Crippen LogP contribution >= 0.6 is 11.6 Å². The molecule has 0 aliphatic heterocycles. The van der Waals surface area contributed by atoms with Gasteiger partial charge in [-0.1, -0.05) is 11.6 Å². The van der Waals surface area contributed by atoms with Crippen LogP contribution in [0, 0.1) is 23.7 Å². The number of aryl methyl sites for hydroxylation is 1. The molecular weight excluding hydrogens is 276 g/mol. The van der Waals surface area contributed by atoms with Crippen molar-refractivity contribution in [3.05, 3.63) is 16.9 Å². The van der Waals surface area contributed by atoms with Crippen LogP contribution in [0.3, 0.4) is 0 Å². The van der Waals surface area contributed by atoms with Crippen LogP contribution in [0.25, 0.3) is 0 Å². The predicted molar refractivity (Wildman–Crippen MR) is 76.8 cm³/mol. The number of aromatic carboxylic acids is 1. The average molecular weight is 297 g/mol. The second-order valence-corrected chi connectivity index (χ2v) is 7.01. The van der Waals surface area contributed by atoms with Crippen molar-refractivity contribution in [1.29, 1.82) is 0 Å². The highest BCUT2D eigenvalue weighted by Gasteiger charge is 2.41. The van der Waals surface area contributed by atoms with E-state index in [0.29, 0.717) is 0 Å². The van der Waals surface area contributed by atoms with Crippen molar-refractivity contribution in [2.45, 2.75) is 38.5 Å². The molecule has 4 saturated carbocycles. The molecule has 4 aliphatic rings. The first-order valence-corrected chi connectivity index (χ1v) is 7.81. The fourth-order valence-electron chi connectivity index (χ4n) is 4.55. The highest BCUT2D eigenvalue weighted by molar-refractivity contribution is 6.32. The topological polar surface area (TPSA) is 55.1 Å². The molecule has 0 amide bonds. The van der Waals surface area contributed by atoms with Gasteiger partial charge < -0.3 is 5.11 Å². The number of hydrogen-bond acceptors (Lipinski definition) is 2. The molecule has 0 spiro atoms. The first-order chi connectivity index (χ1) is 9.52. The van der Waals surface area contributed by atoms with Gasteiger partial charge in [-0.3, -0.25) is 4.68 Å². The molecule has 1 N–H and O–H groups in total. The summed E-state index contributed by atoms with van der Waals surface area (Å²) >= 11 is 5.52. The Labute approximate surface area is 124 Å². The van der Waals surface area contributed by atoms with Crippen molar-refractivity contribution in [3.63, 3.8) is 0 Å². The van der Waals surface area contributed by atoms with Crippen molar-refractivity contribution in [1.82, 2.24) is 9.78 Å². The van der Waals surface area contributed by atoms with E-state index in [1.165, 1.54) is 34.6 Å². The Balaban J connectivity index is 0.000000121. The molecule has 5 rings (SSSR count). The van der Waals surface area contributed by atoms with E-state index in [-0.39, 0.29) is 10.7 Å². The van der Waals surface area contributed by atoms with Crippen LogP contribution in [-0.4, -0.2) is 20.9 Å². The van der Waals surface area contributed by atoms with Gasteiger partial charge in [-0.15, -0.1) is 0 Å². The van der Waals surface area contributed by atoms with Gasteiger partial charge in [0.15, 0.2) is 0 Å². The molecule has 4 nitrogen and oxygen atoms in total. The van der Waals surface area contributed by atoms with E-state index in [2.05, 4.69) is 5.10 Å². The zero-order valence-corrected chi connectivity index (χ0v) is 12.5. The fourth-order valence-corrected chi connectivity index (χ4v) is 4.72. The number of carboxylic acid groups (broad SMARTS) is 1. The maximum Gasteiger partial charge on any atom is 0.340 e. The molecule has 1 aromatic rings. The van der Waals surface area contributed by atoms with E-state index >= 15 is 0 Å². The highest BCUT2D eigenvalue weighted by atomic mass is 35.5. The van der Waals surface area contributed by atoms with Gasteiger partial charge in [0, 0.05) is 7.05 Å². The number of rotatable bonds is 1. The van der Waals surface area contributed by atoms with Crippen molar-refractivity contribution in [3.8, 4) is 0 Å². The van der Waals surface area contributed by atoms with Crippen LogP contribution < -0.4 is 0 Å². The summed E-state index contributed by atoms with van der Waals surface area (Å²) < 4.78 is 1.30. The Hall–Kier alpha value is -1.03. The summed E-state index contributed by atoms with van der Waals surface area (Å²) in [5, 5.41) is 12.2. The zero-order valence-electron chi connectivity index (χ0n) is 11.8. The number of carboxylic acids is 1. The molecule has 20 heavy (non-hydrogen) atoms. The van der Waals surface area contributed by atoms with E-state index in [4.69, 9.17) is 16.7 Å². The van der Waals surface area contributed by atoms with Crippen LogP contribution in [0.5, 0.6) is 0 Å². The largest absolute Gasteiger partial charge is 0.478 e. The molecule has 1 heterocycles. The minimum absolute atomic E-state index is 0.0316. The molecule has 5 heteroatoms. The average Bonchev–Trinajstić information content (AvgIpc) is 2.69. The lowest BCUT2D eigenvalue weighted by molar-refractivity contribution is 0.0198. The van der Waals surface area contributed by atoms with Gasteiger partial charge >= 0.3 is 5.97 Å². The van der Waals surface area contributed by atoms with Crippen LogP contribution in [0.1, 0.15) is 48.9 Å². The number of halogens is 1. The van der Waals surface area contributed by atoms with E-state index in [0.717, 1.165) is 0 Å². The summed E-state index contributed by atoms with van der Waals surface area (Å²) in [5.74, 6) is 3.65. The molecule has 1 aromatic heterocycles. The van der Waals surface area contributed by atoms with Gasteiger partial charge in [-0.2, -0.15) is 5.10 Å². The third-order valence-electron chi connectivity index (χ3n) is 5.10.